The van der Waals surface area contributed by atoms with Crippen molar-refractivity contribution in [3.63, 3.8) is 0 Å². The highest BCUT2D eigenvalue weighted by atomic mass is 16.1. The topological polar surface area (TPSA) is 72.9 Å². The van der Waals surface area contributed by atoms with Crippen LogP contribution in [0.15, 0.2) is 17.2 Å². The third-order valence-electron chi connectivity index (χ3n) is 2.00. The number of aromatic nitrogens is 2. The fourth-order valence-corrected chi connectivity index (χ4v) is 1.25. The normalized spacial score (nSPS) is 11.5. The smallest absolute Gasteiger partial charge is 0.293 e. The first-order valence-corrected chi connectivity index (χ1v) is 4.99. The molecular formula is C10H18N4O. The van der Waals surface area contributed by atoms with Gasteiger partial charge in [-0.1, -0.05) is 0 Å². The molecule has 0 unspecified atom stereocenters. The molecule has 1 aromatic heterocycles. The van der Waals surface area contributed by atoms with Crippen molar-refractivity contribution in [3.8, 4) is 0 Å². The molecule has 84 valence electrons. The second-order valence-electron chi connectivity index (χ2n) is 4.34. The predicted molar refractivity (Wildman–Crippen MR) is 61.0 cm³/mol. The lowest BCUT2D eigenvalue weighted by Gasteiger charge is -2.22. The standard InChI is InChI=1S/C10H18N4O/c1-10(2,3)14-7-6-13-8(9(14)15)12-5-4-11/h6-7H,4-5,11H2,1-3H3,(H,12,13). The Morgan fingerprint density at radius 2 is 2.20 bits per heavy atom. The predicted octanol–water partition coefficient (Wildman–Crippen LogP) is 0.369. The van der Waals surface area contributed by atoms with Gasteiger partial charge in [0.05, 0.1) is 0 Å². The molecule has 0 radical (unpaired) electrons. The summed E-state index contributed by atoms with van der Waals surface area (Å²) in [6.45, 7) is 6.95. The van der Waals surface area contributed by atoms with Gasteiger partial charge in [0.2, 0.25) is 0 Å². The summed E-state index contributed by atoms with van der Waals surface area (Å²) in [5.41, 5.74) is 5.00. The van der Waals surface area contributed by atoms with Gasteiger partial charge < -0.3 is 15.6 Å². The van der Waals surface area contributed by atoms with Crippen molar-refractivity contribution in [2.75, 3.05) is 18.4 Å². The second kappa shape index (κ2) is 4.44. The van der Waals surface area contributed by atoms with Crippen molar-refractivity contribution in [3.05, 3.63) is 22.7 Å². The van der Waals surface area contributed by atoms with Crippen LogP contribution < -0.4 is 16.6 Å². The van der Waals surface area contributed by atoms with E-state index in [1.165, 1.54) is 0 Å². The van der Waals surface area contributed by atoms with Gasteiger partial charge in [0.15, 0.2) is 5.82 Å². The monoisotopic (exact) mass is 210 g/mol. The van der Waals surface area contributed by atoms with Crippen LogP contribution in [0.2, 0.25) is 0 Å². The minimum atomic E-state index is -0.237. The number of rotatable bonds is 3. The summed E-state index contributed by atoms with van der Waals surface area (Å²) in [5, 5.41) is 2.91. The van der Waals surface area contributed by atoms with Crippen molar-refractivity contribution in [2.24, 2.45) is 5.73 Å². The molecule has 0 spiro atoms. The molecule has 0 fully saturated rings. The summed E-state index contributed by atoms with van der Waals surface area (Å²) >= 11 is 0. The molecule has 15 heavy (non-hydrogen) atoms. The summed E-state index contributed by atoms with van der Waals surface area (Å²) in [6, 6.07) is 0. The van der Waals surface area contributed by atoms with Crippen LogP contribution in [0.4, 0.5) is 5.82 Å². The van der Waals surface area contributed by atoms with Crippen LogP contribution in [0.5, 0.6) is 0 Å². The highest BCUT2D eigenvalue weighted by Gasteiger charge is 2.16. The van der Waals surface area contributed by atoms with Crippen molar-refractivity contribution in [1.82, 2.24) is 9.55 Å². The van der Waals surface area contributed by atoms with Crippen LogP contribution in [-0.2, 0) is 5.54 Å². The molecule has 0 aliphatic heterocycles. The van der Waals surface area contributed by atoms with Gasteiger partial charge >= 0.3 is 0 Å². The van der Waals surface area contributed by atoms with E-state index in [0.717, 1.165) is 0 Å². The lowest BCUT2D eigenvalue weighted by atomic mass is 10.1. The highest BCUT2D eigenvalue weighted by molar-refractivity contribution is 5.31. The Bertz CT molecular complexity index is 378. The zero-order valence-corrected chi connectivity index (χ0v) is 9.45. The maximum atomic E-state index is 11.9. The molecule has 1 rings (SSSR count). The van der Waals surface area contributed by atoms with Crippen molar-refractivity contribution < 1.29 is 0 Å². The number of hydrogen-bond donors (Lipinski definition) is 2. The van der Waals surface area contributed by atoms with Gasteiger partial charge in [-0.3, -0.25) is 4.79 Å². The van der Waals surface area contributed by atoms with Gasteiger partial charge in [-0.05, 0) is 20.8 Å². The number of anilines is 1. The Hall–Kier alpha value is -1.36. The van der Waals surface area contributed by atoms with Crippen LogP contribution >= 0.6 is 0 Å². The van der Waals surface area contributed by atoms with Crippen molar-refractivity contribution >= 4 is 5.82 Å². The van der Waals surface area contributed by atoms with E-state index in [2.05, 4.69) is 10.3 Å². The fraction of sp³-hybridized carbons (Fsp3) is 0.600. The molecule has 3 N–H and O–H groups in total. The van der Waals surface area contributed by atoms with Gasteiger partial charge in [0.1, 0.15) is 0 Å². The maximum absolute atomic E-state index is 11.9. The Balaban J connectivity index is 3.07. The summed E-state index contributed by atoms with van der Waals surface area (Å²) < 4.78 is 1.65. The average molecular weight is 210 g/mol. The van der Waals surface area contributed by atoms with E-state index in [4.69, 9.17) is 5.73 Å². The molecule has 1 aromatic rings. The molecule has 0 atom stereocenters. The number of nitrogens with one attached hydrogen (secondary N) is 1. The van der Waals surface area contributed by atoms with Crippen molar-refractivity contribution in [1.29, 1.82) is 0 Å². The molecule has 5 heteroatoms. The molecule has 5 nitrogen and oxygen atoms in total. The first-order chi connectivity index (χ1) is 6.96. The van der Waals surface area contributed by atoms with Crippen LogP contribution in [-0.4, -0.2) is 22.6 Å². The van der Waals surface area contributed by atoms with E-state index in [0.29, 0.717) is 18.9 Å². The second-order valence-corrected chi connectivity index (χ2v) is 4.34. The third kappa shape index (κ3) is 2.79. The zero-order valence-electron chi connectivity index (χ0n) is 9.45. The minimum Gasteiger partial charge on any atom is -0.364 e. The average Bonchev–Trinajstić information content (AvgIpc) is 2.14. The molecular weight excluding hydrogens is 192 g/mol. The lowest BCUT2D eigenvalue weighted by Crippen LogP contribution is -2.35. The van der Waals surface area contributed by atoms with Crippen LogP contribution in [0.25, 0.3) is 0 Å². The zero-order chi connectivity index (χ0) is 11.5. The van der Waals surface area contributed by atoms with Crippen molar-refractivity contribution in [2.45, 2.75) is 26.3 Å². The third-order valence-corrected chi connectivity index (χ3v) is 2.00. The van der Waals surface area contributed by atoms with Crippen LogP contribution in [0.1, 0.15) is 20.8 Å². The largest absolute Gasteiger partial charge is 0.364 e. The Labute approximate surface area is 89.3 Å². The maximum Gasteiger partial charge on any atom is 0.293 e. The number of nitrogens with two attached hydrogens (primary N) is 1. The van der Waals surface area contributed by atoms with Crippen LogP contribution in [0.3, 0.4) is 0 Å². The van der Waals surface area contributed by atoms with Gasteiger partial charge in [-0.15, -0.1) is 0 Å². The number of nitrogens with zero attached hydrogens (tertiary/aromatic N) is 2. The fourth-order valence-electron chi connectivity index (χ4n) is 1.25. The molecule has 0 aromatic carbocycles. The van der Waals surface area contributed by atoms with Gasteiger partial charge in [0, 0.05) is 31.0 Å². The SMILES string of the molecule is CC(C)(C)n1ccnc(NCCN)c1=O. The quantitative estimate of drug-likeness (QED) is 0.756. The molecule has 0 amide bonds. The summed E-state index contributed by atoms with van der Waals surface area (Å²) in [7, 11) is 0. The molecule has 0 saturated carbocycles. The van der Waals surface area contributed by atoms with E-state index >= 15 is 0 Å². The van der Waals surface area contributed by atoms with E-state index in [-0.39, 0.29) is 11.1 Å². The van der Waals surface area contributed by atoms with Gasteiger partial charge in [-0.25, -0.2) is 4.98 Å². The van der Waals surface area contributed by atoms with E-state index in [9.17, 15) is 4.79 Å². The molecule has 0 bridgehead atoms. The Morgan fingerprint density at radius 3 is 2.73 bits per heavy atom. The lowest BCUT2D eigenvalue weighted by molar-refractivity contribution is 0.383. The first-order valence-electron chi connectivity index (χ1n) is 4.99. The first kappa shape index (κ1) is 11.7. The van der Waals surface area contributed by atoms with Gasteiger partial charge in [0.25, 0.3) is 5.56 Å². The summed E-state index contributed by atoms with van der Waals surface area (Å²) in [5.74, 6) is 0.359. The molecule has 0 aliphatic carbocycles. The Morgan fingerprint density at radius 1 is 1.53 bits per heavy atom. The highest BCUT2D eigenvalue weighted by Crippen LogP contribution is 2.10. The van der Waals surface area contributed by atoms with Crippen LogP contribution in [0, 0.1) is 0 Å². The van der Waals surface area contributed by atoms with E-state index in [1.54, 1.807) is 17.0 Å². The van der Waals surface area contributed by atoms with E-state index < -0.39 is 0 Å². The molecule has 0 saturated heterocycles. The molecule has 0 aliphatic rings. The Kier molecular flexibility index (Phi) is 3.47. The van der Waals surface area contributed by atoms with Gasteiger partial charge in [-0.2, -0.15) is 0 Å². The number of hydrogen-bond acceptors (Lipinski definition) is 4. The summed E-state index contributed by atoms with van der Waals surface area (Å²) in [6.07, 6.45) is 3.31. The minimum absolute atomic E-state index is 0.113. The summed E-state index contributed by atoms with van der Waals surface area (Å²) in [4.78, 5) is 15.9. The van der Waals surface area contributed by atoms with E-state index in [1.807, 2.05) is 20.8 Å². The molecule has 1 heterocycles.